The van der Waals surface area contributed by atoms with Crippen LogP contribution < -0.4 is 10.2 Å². The van der Waals surface area contributed by atoms with Gasteiger partial charge in [-0.2, -0.15) is 0 Å². The monoisotopic (exact) mass is 291 g/mol. The molecule has 0 saturated carbocycles. The molecule has 1 aliphatic heterocycles. The number of aromatic hydroxyl groups is 1. The summed E-state index contributed by atoms with van der Waals surface area (Å²) in [5, 5.41) is 12.9. The van der Waals surface area contributed by atoms with Gasteiger partial charge < -0.3 is 15.3 Å². The molecule has 5 heteroatoms. The van der Waals surface area contributed by atoms with Crippen LogP contribution in [-0.2, 0) is 4.79 Å². The van der Waals surface area contributed by atoms with Gasteiger partial charge in [0.05, 0.1) is 11.7 Å². The quantitative estimate of drug-likeness (QED) is 0.862. The van der Waals surface area contributed by atoms with E-state index in [1.165, 1.54) is 0 Å². The molecular weight excluding hydrogens is 266 g/mol. The Bertz CT molecular complexity index is 470. The van der Waals surface area contributed by atoms with Crippen molar-refractivity contribution in [3.63, 3.8) is 0 Å². The van der Waals surface area contributed by atoms with E-state index in [1.54, 1.807) is 6.07 Å². The van der Waals surface area contributed by atoms with Gasteiger partial charge in [0, 0.05) is 32.7 Å². The van der Waals surface area contributed by atoms with Crippen LogP contribution >= 0.6 is 0 Å². The van der Waals surface area contributed by atoms with Crippen molar-refractivity contribution in [2.75, 3.05) is 37.6 Å². The molecule has 5 nitrogen and oxygen atoms in total. The predicted octanol–water partition coefficient (Wildman–Crippen LogP) is 1.43. The van der Waals surface area contributed by atoms with Gasteiger partial charge in [-0.3, -0.25) is 9.69 Å². The molecule has 116 valence electrons. The Morgan fingerprint density at radius 1 is 1.29 bits per heavy atom. The van der Waals surface area contributed by atoms with Crippen molar-refractivity contribution >= 4 is 11.6 Å². The number of piperazine rings is 1. The zero-order valence-corrected chi connectivity index (χ0v) is 12.9. The number of anilines is 1. The number of hydrogen-bond donors (Lipinski definition) is 2. The lowest BCUT2D eigenvalue weighted by Crippen LogP contribution is -2.54. The summed E-state index contributed by atoms with van der Waals surface area (Å²) < 4.78 is 0. The second-order valence-corrected chi connectivity index (χ2v) is 5.48. The molecule has 21 heavy (non-hydrogen) atoms. The minimum Gasteiger partial charge on any atom is -0.506 e. The first-order valence-electron chi connectivity index (χ1n) is 7.68. The lowest BCUT2D eigenvalue weighted by Gasteiger charge is -2.38. The Morgan fingerprint density at radius 2 is 1.95 bits per heavy atom. The van der Waals surface area contributed by atoms with Crippen LogP contribution in [0.5, 0.6) is 5.75 Å². The Morgan fingerprint density at radius 3 is 2.57 bits per heavy atom. The number of phenolic OH excluding ortho intramolecular Hbond substituents is 1. The fourth-order valence-corrected chi connectivity index (χ4v) is 2.64. The highest BCUT2D eigenvalue weighted by molar-refractivity contribution is 5.81. The van der Waals surface area contributed by atoms with Crippen molar-refractivity contribution in [1.29, 1.82) is 0 Å². The van der Waals surface area contributed by atoms with E-state index in [2.05, 4.69) is 22.0 Å². The van der Waals surface area contributed by atoms with Gasteiger partial charge in [0.1, 0.15) is 5.75 Å². The molecule has 1 atom stereocenters. The zero-order valence-electron chi connectivity index (χ0n) is 12.9. The Kier molecular flexibility index (Phi) is 5.44. The number of nitrogens with zero attached hydrogens (tertiary/aromatic N) is 2. The second kappa shape index (κ2) is 7.31. The van der Waals surface area contributed by atoms with Gasteiger partial charge in [-0.1, -0.05) is 19.1 Å². The Hall–Kier alpha value is -1.75. The summed E-state index contributed by atoms with van der Waals surface area (Å²) in [6, 6.07) is 7.31. The molecule has 1 aliphatic rings. The Labute approximate surface area is 126 Å². The van der Waals surface area contributed by atoms with Crippen LogP contribution in [0, 0.1) is 0 Å². The standard InChI is InChI=1S/C16H25N3O2/c1-3-8-17-16(21)13(2)18-9-11-19(12-10-18)14-6-4-5-7-15(14)20/h4-7,13,20H,3,8-12H2,1-2H3,(H,17,21)/t13-/m0/s1. The number of amides is 1. The van der Waals surface area contributed by atoms with Gasteiger partial charge in [-0.05, 0) is 25.5 Å². The van der Waals surface area contributed by atoms with Gasteiger partial charge in [-0.25, -0.2) is 0 Å². The van der Waals surface area contributed by atoms with Crippen LogP contribution in [0.15, 0.2) is 24.3 Å². The number of hydrogen-bond acceptors (Lipinski definition) is 4. The van der Waals surface area contributed by atoms with Crippen molar-refractivity contribution in [2.24, 2.45) is 0 Å². The minimum atomic E-state index is -0.0944. The first-order chi connectivity index (χ1) is 10.1. The molecular formula is C16H25N3O2. The molecule has 1 heterocycles. The van der Waals surface area contributed by atoms with E-state index in [1.807, 2.05) is 25.1 Å². The highest BCUT2D eigenvalue weighted by atomic mass is 16.3. The number of benzene rings is 1. The lowest BCUT2D eigenvalue weighted by atomic mass is 10.2. The predicted molar refractivity (Wildman–Crippen MR) is 84.7 cm³/mol. The molecule has 0 unspecified atom stereocenters. The van der Waals surface area contributed by atoms with Gasteiger partial charge >= 0.3 is 0 Å². The maximum Gasteiger partial charge on any atom is 0.237 e. The highest BCUT2D eigenvalue weighted by Gasteiger charge is 2.26. The van der Waals surface area contributed by atoms with Crippen LogP contribution in [0.3, 0.4) is 0 Å². The van der Waals surface area contributed by atoms with Crippen LogP contribution in [0.4, 0.5) is 5.69 Å². The fourth-order valence-electron chi connectivity index (χ4n) is 2.64. The summed E-state index contributed by atoms with van der Waals surface area (Å²) in [5.74, 6) is 0.424. The van der Waals surface area contributed by atoms with Crippen LogP contribution in [-0.4, -0.2) is 54.7 Å². The second-order valence-electron chi connectivity index (χ2n) is 5.48. The normalized spacial score (nSPS) is 17.5. The van der Waals surface area contributed by atoms with Crippen molar-refractivity contribution in [1.82, 2.24) is 10.2 Å². The number of carbonyl (C=O) groups excluding carboxylic acids is 1. The number of nitrogens with one attached hydrogen (secondary N) is 1. The Balaban J connectivity index is 1.88. The number of para-hydroxylation sites is 2. The zero-order chi connectivity index (χ0) is 15.2. The van der Waals surface area contributed by atoms with Crippen molar-refractivity contribution in [3.05, 3.63) is 24.3 Å². The van der Waals surface area contributed by atoms with Crippen LogP contribution in [0.2, 0.25) is 0 Å². The number of carbonyl (C=O) groups is 1. The average molecular weight is 291 g/mol. The van der Waals surface area contributed by atoms with Gasteiger partial charge in [0.15, 0.2) is 0 Å². The molecule has 2 N–H and O–H groups in total. The topological polar surface area (TPSA) is 55.8 Å². The van der Waals surface area contributed by atoms with E-state index in [4.69, 9.17) is 0 Å². The molecule has 0 aliphatic carbocycles. The molecule has 1 aromatic rings. The largest absolute Gasteiger partial charge is 0.506 e. The molecule has 0 aromatic heterocycles. The maximum absolute atomic E-state index is 12.0. The third-order valence-electron chi connectivity index (χ3n) is 4.01. The third kappa shape index (κ3) is 3.88. The average Bonchev–Trinajstić information content (AvgIpc) is 2.52. The van der Waals surface area contributed by atoms with E-state index in [9.17, 15) is 9.90 Å². The number of phenols is 1. The summed E-state index contributed by atoms with van der Waals surface area (Å²) in [5.41, 5.74) is 0.875. The van der Waals surface area contributed by atoms with Crippen molar-refractivity contribution in [3.8, 4) is 5.75 Å². The fraction of sp³-hybridized carbons (Fsp3) is 0.562. The smallest absolute Gasteiger partial charge is 0.237 e. The number of rotatable bonds is 5. The van der Waals surface area contributed by atoms with Crippen molar-refractivity contribution in [2.45, 2.75) is 26.3 Å². The summed E-state index contributed by atoms with van der Waals surface area (Å²) in [6.07, 6.45) is 0.958. The lowest BCUT2D eigenvalue weighted by molar-refractivity contribution is -0.126. The van der Waals surface area contributed by atoms with Gasteiger partial charge in [0.2, 0.25) is 5.91 Å². The SMILES string of the molecule is CCCNC(=O)[C@H](C)N1CCN(c2ccccc2O)CC1. The summed E-state index contributed by atoms with van der Waals surface area (Å²) in [6.45, 7) is 8.05. The highest BCUT2D eigenvalue weighted by Crippen LogP contribution is 2.27. The molecule has 0 spiro atoms. The molecule has 1 saturated heterocycles. The summed E-state index contributed by atoms with van der Waals surface area (Å²) in [7, 11) is 0. The maximum atomic E-state index is 12.0. The summed E-state index contributed by atoms with van der Waals surface area (Å²) >= 11 is 0. The molecule has 1 aromatic carbocycles. The third-order valence-corrected chi connectivity index (χ3v) is 4.01. The van der Waals surface area contributed by atoms with Gasteiger partial charge in [-0.15, -0.1) is 0 Å². The molecule has 1 amide bonds. The first kappa shape index (κ1) is 15.6. The molecule has 0 radical (unpaired) electrons. The van der Waals surface area contributed by atoms with Crippen molar-refractivity contribution < 1.29 is 9.90 Å². The van der Waals surface area contributed by atoms with Crippen LogP contribution in [0.25, 0.3) is 0 Å². The van der Waals surface area contributed by atoms with E-state index < -0.39 is 0 Å². The molecule has 1 fully saturated rings. The molecule has 2 rings (SSSR count). The molecule has 0 bridgehead atoms. The summed E-state index contributed by atoms with van der Waals surface area (Å²) in [4.78, 5) is 16.4. The van der Waals surface area contributed by atoms with Crippen LogP contribution in [0.1, 0.15) is 20.3 Å². The first-order valence-corrected chi connectivity index (χ1v) is 7.68. The minimum absolute atomic E-state index is 0.0944. The van der Waals surface area contributed by atoms with E-state index in [-0.39, 0.29) is 11.9 Å². The van der Waals surface area contributed by atoms with Gasteiger partial charge in [0.25, 0.3) is 0 Å². The van der Waals surface area contributed by atoms with E-state index >= 15 is 0 Å². The van der Waals surface area contributed by atoms with E-state index in [0.29, 0.717) is 5.75 Å². The van der Waals surface area contributed by atoms with E-state index in [0.717, 1.165) is 44.8 Å².